The normalized spacial score (nSPS) is 16.8. The lowest BCUT2D eigenvalue weighted by Crippen LogP contribution is -2.48. The van der Waals surface area contributed by atoms with E-state index in [0.29, 0.717) is 54.1 Å². The summed E-state index contributed by atoms with van der Waals surface area (Å²) in [5, 5.41) is 8.26. The molecule has 0 radical (unpaired) electrons. The number of nitrogens with one attached hydrogen (secondary N) is 4. The first-order chi connectivity index (χ1) is 29.2. The van der Waals surface area contributed by atoms with Crippen molar-refractivity contribution in [2.24, 2.45) is 0 Å². The summed E-state index contributed by atoms with van der Waals surface area (Å²) < 4.78 is 9.58. The zero-order valence-corrected chi connectivity index (χ0v) is 33.2. The molecule has 7 rings (SSSR count). The summed E-state index contributed by atoms with van der Waals surface area (Å²) in [6, 6.07) is 29.9. The van der Waals surface area contributed by atoms with Crippen molar-refractivity contribution >= 4 is 35.6 Å². The van der Waals surface area contributed by atoms with Gasteiger partial charge in [-0.05, 0) is 72.7 Å². The number of aromatic amines is 1. The highest BCUT2D eigenvalue weighted by atomic mass is 16.5. The molecule has 4 atom stereocenters. The number of nitrogens with zero attached hydrogens (tertiary/aromatic N) is 3. The average molecular weight is 808 g/mol. The molecule has 5 amide bonds. The maximum absolute atomic E-state index is 13.9. The second-order valence-corrected chi connectivity index (χ2v) is 14.4. The van der Waals surface area contributed by atoms with Crippen molar-refractivity contribution in [3.63, 3.8) is 0 Å². The Morgan fingerprint density at radius 1 is 0.700 bits per heavy atom. The third-order valence-electron chi connectivity index (χ3n) is 10.6. The van der Waals surface area contributed by atoms with Gasteiger partial charge in [-0.25, -0.2) is 14.6 Å². The fraction of sp³-hybridized carbons (Fsp3) is 0.261. The molecule has 0 aliphatic carbocycles. The Labute approximate surface area is 347 Å². The van der Waals surface area contributed by atoms with E-state index in [-0.39, 0.29) is 23.8 Å². The number of rotatable bonds is 10. The van der Waals surface area contributed by atoms with E-state index < -0.39 is 30.3 Å². The highest BCUT2D eigenvalue weighted by Gasteiger charge is 2.39. The van der Waals surface area contributed by atoms with Crippen LogP contribution in [-0.2, 0) is 23.9 Å². The number of likely N-dealkylation sites (tertiary alicyclic amines) is 2. The highest BCUT2D eigenvalue weighted by molar-refractivity contribution is 5.99. The first-order valence-corrected chi connectivity index (χ1v) is 19.7. The van der Waals surface area contributed by atoms with Gasteiger partial charge in [0.1, 0.15) is 23.9 Å². The number of imidazole rings is 1. The first kappa shape index (κ1) is 40.8. The summed E-state index contributed by atoms with van der Waals surface area (Å²) in [5.41, 5.74) is 4.94. The molecule has 1 aromatic heterocycles. The lowest BCUT2D eigenvalue weighted by atomic mass is 10.0. The van der Waals surface area contributed by atoms with Gasteiger partial charge in [-0.15, -0.1) is 0 Å². The molecule has 2 saturated heterocycles. The topological polar surface area (TPSA) is 175 Å². The van der Waals surface area contributed by atoms with Crippen LogP contribution in [0.4, 0.5) is 15.3 Å². The van der Waals surface area contributed by atoms with Crippen LogP contribution in [0.3, 0.4) is 0 Å². The summed E-state index contributed by atoms with van der Waals surface area (Å²) >= 11 is 0. The van der Waals surface area contributed by atoms with Crippen molar-refractivity contribution in [2.45, 2.75) is 49.9 Å². The van der Waals surface area contributed by atoms with E-state index >= 15 is 0 Å². The molecule has 60 heavy (non-hydrogen) atoms. The molecular formula is C46H45N7O7. The van der Waals surface area contributed by atoms with Gasteiger partial charge in [-0.1, -0.05) is 90.7 Å². The maximum Gasteiger partial charge on any atom is 0.407 e. The van der Waals surface area contributed by atoms with Crippen LogP contribution < -0.4 is 16.0 Å². The molecule has 0 bridgehead atoms. The molecule has 5 aromatic rings. The number of carbonyl (C=O) groups is 5. The van der Waals surface area contributed by atoms with Gasteiger partial charge in [0, 0.05) is 29.9 Å². The third kappa shape index (κ3) is 9.48. The first-order valence-electron chi connectivity index (χ1n) is 19.7. The van der Waals surface area contributed by atoms with Crippen molar-refractivity contribution < 1.29 is 33.4 Å². The summed E-state index contributed by atoms with van der Waals surface area (Å²) in [5.74, 6) is 6.07. The molecule has 14 heteroatoms. The van der Waals surface area contributed by atoms with Gasteiger partial charge < -0.3 is 40.2 Å². The second kappa shape index (κ2) is 18.9. The molecule has 2 fully saturated rings. The highest BCUT2D eigenvalue weighted by Crippen LogP contribution is 2.34. The predicted octanol–water partition coefficient (Wildman–Crippen LogP) is 6.26. The third-order valence-corrected chi connectivity index (χ3v) is 10.6. The number of alkyl carbamates (subject to hydrolysis) is 2. The van der Waals surface area contributed by atoms with Crippen LogP contribution in [0.1, 0.15) is 71.9 Å². The van der Waals surface area contributed by atoms with Crippen molar-refractivity contribution in [2.75, 3.05) is 32.6 Å². The number of hydrogen-bond acceptors (Lipinski definition) is 8. The molecule has 3 heterocycles. The standard InChI is InChI=1S/C46H45N7O7/c1-59-45(57)50-39(33-13-5-3-6-14-33)43(55)52-26-10-18-37(52)41-47-29-36(49-41)32-24-22-30(23-25-32)20-21-31-12-9-17-35(28-31)48-42(54)38-19-11-27-53(38)44(56)40(51-46(58)60-2)34-15-7-4-8-16-34/h3-9,12-17,22-25,28-29,37-40H,10-11,18-19,26-27H2,1-2H3,(H,47,49)(H,48,54)(H,50,57)(H,51,58)/t37-,38-,39+,40+/m0/s1. The lowest BCUT2D eigenvalue weighted by Gasteiger charge is -2.28. The molecule has 2 aliphatic heterocycles. The lowest BCUT2D eigenvalue weighted by molar-refractivity contribution is -0.138. The molecule has 0 unspecified atom stereocenters. The number of amides is 5. The molecule has 0 saturated carbocycles. The second-order valence-electron chi connectivity index (χ2n) is 14.4. The Morgan fingerprint density at radius 2 is 1.28 bits per heavy atom. The minimum absolute atomic E-state index is 0.237. The van der Waals surface area contributed by atoms with E-state index in [1.54, 1.807) is 65.7 Å². The van der Waals surface area contributed by atoms with Crippen molar-refractivity contribution in [1.29, 1.82) is 0 Å². The van der Waals surface area contributed by atoms with E-state index in [9.17, 15) is 24.0 Å². The van der Waals surface area contributed by atoms with Crippen LogP contribution in [0.5, 0.6) is 0 Å². The summed E-state index contributed by atoms with van der Waals surface area (Å²) in [6.07, 6.45) is 2.96. The average Bonchev–Trinajstić information content (AvgIpc) is 4.09. The number of benzene rings is 4. The number of aromatic nitrogens is 2. The van der Waals surface area contributed by atoms with E-state index in [0.717, 1.165) is 29.7 Å². The summed E-state index contributed by atoms with van der Waals surface area (Å²) in [4.78, 5) is 76.9. The van der Waals surface area contributed by atoms with Crippen LogP contribution in [0, 0.1) is 11.8 Å². The number of hydrogen-bond donors (Lipinski definition) is 4. The van der Waals surface area contributed by atoms with Crippen LogP contribution in [-0.4, -0.2) is 83.0 Å². The van der Waals surface area contributed by atoms with Gasteiger partial charge in [0.05, 0.1) is 32.2 Å². The molecule has 306 valence electrons. The smallest absolute Gasteiger partial charge is 0.407 e. The van der Waals surface area contributed by atoms with E-state index in [2.05, 4.69) is 37.8 Å². The molecule has 4 N–H and O–H groups in total. The Morgan fingerprint density at radius 3 is 1.92 bits per heavy atom. The van der Waals surface area contributed by atoms with Crippen molar-refractivity contribution in [1.82, 2.24) is 30.4 Å². The van der Waals surface area contributed by atoms with Crippen molar-refractivity contribution in [3.05, 3.63) is 143 Å². The van der Waals surface area contributed by atoms with Gasteiger partial charge in [-0.2, -0.15) is 0 Å². The van der Waals surface area contributed by atoms with Gasteiger partial charge in [0.15, 0.2) is 0 Å². The van der Waals surface area contributed by atoms with E-state index in [4.69, 9.17) is 9.47 Å². The van der Waals surface area contributed by atoms with Gasteiger partial charge in [-0.3, -0.25) is 14.4 Å². The van der Waals surface area contributed by atoms with Gasteiger partial charge >= 0.3 is 12.2 Å². The number of methoxy groups -OCH3 is 2. The number of H-pyrrole nitrogens is 1. The zero-order valence-electron chi connectivity index (χ0n) is 33.2. The fourth-order valence-corrected chi connectivity index (χ4v) is 7.60. The van der Waals surface area contributed by atoms with Crippen LogP contribution >= 0.6 is 0 Å². The molecular weight excluding hydrogens is 763 g/mol. The number of ether oxygens (including phenoxy) is 2. The van der Waals surface area contributed by atoms with E-state index in [1.807, 2.05) is 54.6 Å². The SMILES string of the molecule is COC(=O)N[C@@H](C(=O)N1CCC[C@H]1C(=O)Nc1cccc(C#Cc2ccc(-c3cnc([C@@H]4CCCN4C(=O)[C@H](NC(=O)OC)c4ccccc4)[nH]3)cc2)c1)c1ccccc1. The number of anilines is 1. The molecule has 0 spiro atoms. The largest absolute Gasteiger partial charge is 0.453 e. The Hall–Kier alpha value is -7.40. The minimum Gasteiger partial charge on any atom is -0.453 e. The van der Waals surface area contributed by atoms with Crippen LogP contribution in [0.2, 0.25) is 0 Å². The van der Waals surface area contributed by atoms with E-state index in [1.165, 1.54) is 19.1 Å². The fourth-order valence-electron chi connectivity index (χ4n) is 7.60. The Bertz CT molecular complexity index is 2390. The Kier molecular flexibility index (Phi) is 12.8. The van der Waals surface area contributed by atoms with Gasteiger partial charge in [0.2, 0.25) is 5.91 Å². The number of carbonyl (C=O) groups excluding carboxylic acids is 5. The summed E-state index contributed by atoms with van der Waals surface area (Å²) in [6.45, 7) is 0.907. The minimum atomic E-state index is -1.00. The molecule has 4 aromatic carbocycles. The zero-order chi connectivity index (χ0) is 42.0. The monoisotopic (exact) mass is 807 g/mol. The Balaban J connectivity index is 0.987. The molecule has 2 aliphatic rings. The van der Waals surface area contributed by atoms with Crippen LogP contribution in [0.25, 0.3) is 11.3 Å². The van der Waals surface area contributed by atoms with Crippen molar-refractivity contribution in [3.8, 4) is 23.1 Å². The van der Waals surface area contributed by atoms with Crippen LogP contribution in [0.15, 0.2) is 115 Å². The summed E-state index contributed by atoms with van der Waals surface area (Å²) in [7, 11) is 2.50. The predicted molar refractivity (Wildman–Crippen MR) is 223 cm³/mol. The maximum atomic E-state index is 13.9. The molecule has 14 nitrogen and oxygen atoms in total. The van der Waals surface area contributed by atoms with Gasteiger partial charge in [0.25, 0.3) is 11.8 Å². The quantitative estimate of drug-likeness (QED) is 0.120.